The lowest BCUT2D eigenvalue weighted by Crippen LogP contribution is -2.42. The van der Waals surface area contributed by atoms with Gasteiger partial charge < -0.3 is 13.7 Å². The van der Waals surface area contributed by atoms with Crippen LogP contribution in [0.25, 0.3) is 0 Å². The lowest BCUT2D eigenvalue weighted by Gasteiger charge is -2.36. The molecule has 1 atom stereocenters. The van der Waals surface area contributed by atoms with Crippen LogP contribution in [0.15, 0.2) is 0 Å². The fourth-order valence-electron chi connectivity index (χ4n) is 2.23. The summed E-state index contributed by atoms with van der Waals surface area (Å²) in [7, 11) is -2.10. The molecule has 6 heteroatoms. The van der Waals surface area contributed by atoms with Gasteiger partial charge in [-0.15, -0.1) is 0 Å². The van der Waals surface area contributed by atoms with Gasteiger partial charge in [-0.05, 0) is 52.1 Å². The summed E-state index contributed by atoms with van der Waals surface area (Å²) in [6, 6.07) is 0. The van der Waals surface area contributed by atoms with Gasteiger partial charge in [0.25, 0.3) is 0 Å². The van der Waals surface area contributed by atoms with E-state index in [1.807, 2.05) is 34.6 Å². The molecule has 0 aliphatic carbocycles. The van der Waals surface area contributed by atoms with E-state index in [1.54, 1.807) is 0 Å². The van der Waals surface area contributed by atoms with E-state index < -0.39 is 8.32 Å². The molecular formula is C18H37BO4Si. The van der Waals surface area contributed by atoms with Crippen LogP contribution in [-0.2, 0) is 18.5 Å². The average Bonchev–Trinajstić information content (AvgIpc) is 2.60. The Labute approximate surface area is 150 Å². The van der Waals surface area contributed by atoms with Crippen LogP contribution in [0.1, 0.15) is 61.8 Å². The van der Waals surface area contributed by atoms with E-state index in [0.717, 1.165) is 0 Å². The predicted octanol–water partition coefficient (Wildman–Crippen LogP) is 4.70. The molecule has 1 saturated heterocycles. The van der Waals surface area contributed by atoms with Gasteiger partial charge in [-0.25, -0.2) is 0 Å². The quantitative estimate of drug-likeness (QED) is 0.621. The van der Waals surface area contributed by atoms with Gasteiger partial charge in [0.15, 0.2) is 8.32 Å². The molecule has 24 heavy (non-hydrogen) atoms. The molecule has 0 bridgehead atoms. The molecule has 1 heterocycles. The van der Waals surface area contributed by atoms with Gasteiger partial charge in [0, 0.05) is 18.9 Å². The van der Waals surface area contributed by atoms with E-state index in [-0.39, 0.29) is 35.1 Å². The number of carbonyl (C=O) groups excluding carboxylic acids is 1. The molecule has 140 valence electrons. The zero-order chi connectivity index (χ0) is 19.0. The Kier molecular flexibility index (Phi) is 6.58. The summed E-state index contributed by atoms with van der Waals surface area (Å²) in [6.07, 6.45) is 1.08. The molecule has 0 saturated carbocycles. The van der Waals surface area contributed by atoms with Crippen molar-refractivity contribution in [3.63, 3.8) is 0 Å². The summed E-state index contributed by atoms with van der Waals surface area (Å²) in [5.41, 5.74) is -0.671. The zero-order valence-corrected chi connectivity index (χ0v) is 18.4. The van der Waals surface area contributed by atoms with Crippen molar-refractivity contribution in [1.82, 2.24) is 0 Å². The zero-order valence-electron chi connectivity index (χ0n) is 17.4. The van der Waals surface area contributed by atoms with Gasteiger partial charge in [0.05, 0.1) is 11.2 Å². The summed E-state index contributed by atoms with van der Waals surface area (Å²) >= 11 is 0. The SMILES string of the molecule is CC(CO[Si](C)(C)C(C)(C)C)C(=O)CCB1OC(C)(C)C(C)(C)O1. The predicted molar refractivity (Wildman–Crippen MR) is 103 cm³/mol. The first-order chi connectivity index (χ1) is 10.6. The molecule has 0 radical (unpaired) electrons. The Morgan fingerprint density at radius 3 is 2.00 bits per heavy atom. The van der Waals surface area contributed by atoms with Crippen molar-refractivity contribution >= 4 is 21.2 Å². The number of hydrogen-bond donors (Lipinski definition) is 0. The van der Waals surface area contributed by atoms with E-state index in [0.29, 0.717) is 19.3 Å². The van der Waals surface area contributed by atoms with Crippen LogP contribution in [-0.4, -0.2) is 39.0 Å². The molecule has 0 aromatic rings. The fraction of sp³-hybridized carbons (Fsp3) is 0.944. The van der Waals surface area contributed by atoms with Gasteiger partial charge >= 0.3 is 7.12 Å². The first-order valence-corrected chi connectivity index (χ1v) is 12.0. The first kappa shape index (κ1) is 21.9. The number of hydrogen-bond acceptors (Lipinski definition) is 4. The molecule has 1 fully saturated rings. The molecule has 0 N–H and O–H groups in total. The second-order valence-corrected chi connectivity index (χ2v) is 14.5. The highest BCUT2D eigenvalue weighted by Crippen LogP contribution is 2.38. The minimum Gasteiger partial charge on any atom is -0.416 e. The molecule has 1 rings (SSSR count). The van der Waals surface area contributed by atoms with Gasteiger partial charge in [-0.1, -0.05) is 27.7 Å². The average molecular weight is 356 g/mol. The van der Waals surface area contributed by atoms with Crippen molar-refractivity contribution < 1.29 is 18.5 Å². The Morgan fingerprint density at radius 2 is 1.58 bits per heavy atom. The summed E-state index contributed by atoms with van der Waals surface area (Å²) in [4.78, 5) is 12.4. The maximum absolute atomic E-state index is 12.4. The second-order valence-electron chi connectivity index (χ2n) is 9.66. The summed E-state index contributed by atoms with van der Waals surface area (Å²) in [6.45, 7) is 21.7. The van der Waals surface area contributed by atoms with Crippen LogP contribution in [0.5, 0.6) is 0 Å². The lowest BCUT2D eigenvalue weighted by molar-refractivity contribution is -0.123. The van der Waals surface area contributed by atoms with Crippen molar-refractivity contribution in [1.29, 1.82) is 0 Å². The highest BCUT2D eigenvalue weighted by atomic mass is 28.4. The van der Waals surface area contributed by atoms with Crippen LogP contribution < -0.4 is 0 Å². The molecule has 0 aromatic heterocycles. The Hall–Kier alpha value is -0.168. The topological polar surface area (TPSA) is 44.8 Å². The molecule has 4 nitrogen and oxygen atoms in total. The maximum Gasteiger partial charge on any atom is 0.458 e. The van der Waals surface area contributed by atoms with Gasteiger partial charge in [0.1, 0.15) is 5.78 Å². The van der Waals surface area contributed by atoms with Crippen LogP contribution in [0, 0.1) is 5.92 Å². The van der Waals surface area contributed by atoms with Gasteiger partial charge in [-0.2, -0.15) is 0 Å². The summed E-state index contributed by atoms with van der Waals surface area (Å²) < 4.78 is 18.1. The van der Waals surface area contributed by atoms with E-state index >= 15 is 0 Å². The van der Waals surface area contributed by atoms with Crippen LogP contribution >= 0.6 is 0 Å². The molecule has 1 aliphatic rings. The van der Waals surface area contributed by atoms with Crippen molar-refractivity contribution in [3.8, 4) is 0 Å². The van der Waals surface area contributed by atoms with E-state index in [9.17, 15) is 4.79 Å². The lowest BCUT2D eigenvalue weighted by atomic mass is 9.81. The third kappa shape index (κ3) is 5.16. The van der Waals surface area contributed by atoms with Crippen LogP contribution in [0.4, 0.5) is 0 Å². The molecule has 0 aromatic carbocycles. The monoisotopic (exact) mass is 356 g/mol. The molecule has 1 unspecified atom stereocenters. The first-order valence-electron chi connectivity index (χ1n) is 9.11. The highest BCUT2D eigenvalue weighted by molar-refractivity contribution is 6.74. The molecule has 1 aliphatic heterocycles. The van der Waals surface area contributed by atoms with Crippen molar-refractivity contribution in [2.45, 2.75) is 97.5 Å². The molecule has 0 spiro atoms. The van der Waals surface area contributed by atoms with Crippen LogP contribution in [0.3, 0.4) is 0 Å². The van der Waals surface area contributed by atoms with Crippen molar-refractivity contribution in [2.24, 2.45) is 5.92 Å². The third-order valence-electron chi connectivity index (χ3n) is 5.98. The van der Waals surface area contributed by atoms with E-state index in [4.69, 9.17) is 13.7 Å². The van der Waals surface area contributed by atoms with E-state index in [2.05, 4.69) is 33.9 Å². The smallest absolute Gasteiger partial charge is 0.416 e. The standard InChI is InChI=1S/C18H37BO4Si/c1-14(13-21-24(9,10)16(2,3)4)15(20)11-12-19-22-17(5,6)18(7,8)23-19/h14H,11-13H2,1-10H3. The largest absolute Gasteiger partial charge is 0.458 e. The highest BCUT2D eigenvalue weighted by Gasteiger charge is 2.50. The minimum atomic E-state index is -1.80. The second kappa shape index (κ2) is 7.22. The normalized spacial score (nSPS) is 21.8. The Morgan fingerprint density at radius 1 is 1.12 bits per heavy atom. The molecular weight excluding hydrogens is 319 g/mol. The van der Waals surface area contributed by atoms with Crippen molar-refractivity contribution in [3.05, 3.63) is 0 Å². The number of rotatable bonds is 7. The Bertz CT molecular complexity index is 438. The van der Waals surface area contributed by atoms with Gasteiger partial charge in [0.2, 0.25) is 0 Å². The van der Waals surface area contributed by atoms with Crippen LogP contribution in [0.2, 0.25) is 24.5 Å². The van der Waals surface area contributed by atoms with Crippen molar-refractivity contribution in [2.75, 3.05) is 6.61 Å². The Balaban J connectivity index is 2.44. The number of ketones is 1. The summed E-state index contributed by atoms with van der Waals surface area (Å²) in [5.74, 6) is 0.143. The third-order valence-corrected chi connectivity index (χ3v) is 10.5. The minimum absolute atomic E-state index is 0.0819. The van der Waals surface area contributed by atoms with Gasteiger partial charge in [-0.3, -0.25) is 4.79 Å². The summed E-state index contributed by atoms with van der Waals surface area (Å²) in [5, 5.41) is 0.165. The number of Topliss-reactive ketones (excluding diaryl/α,β-unsaturated/α-hetero) is 1. The molecule has 0 amide bonds. The number of carbonyl (C=O) groups is 1. The van der Waals surface area contributed by atoms with E-state index in [1.165, 1.54) is 0 Å². The maximum atomic E-state index is 12.4. The fourth-order valence-corrected chi connectivity index (χ4v) is 3.33.